The Labute approximate surface area is 172 Å². The van der Waals surface area contributed by atoms with E-state index in [2.05, 4.69) is 84.0 Å². The van der Waals surface area contributed by atoms with Crippen molar-refractivity contribution < 1.29 is 0 Å². The van der Waals surface area contributed by atoms with E-state index in [9.17, 15) is 0 Å². The van der Waals surface area contributed by atoms with Crippen LogP contribution in [0.4, 0.5) is 5.69 Å². The summed E-state index contributed by atoms with van der Waals surface area (Å²) in [5.74, 6) is 0. The Morgan fingerprint density at radius 2 is 1.85 bits per heavy atom. The molecule has 146 valence electrons. The first kappa shape index (κ1) is 20.3. The molecule has 2 atom stereocenters. The quantitative estimate of drug-likeness (QED) is 0.738. The van der Waals surface area contributed by atoms with Crippen LogP contribution in [0, 0.1) is 13.8 Å². The molecule has 1 aliphatic heterocycles. The predicted octanol–water partition coefficient (Wildman–Crippen LogP) is 4.03. The number of nitrogens with zero attached hydrogens (tertiary/aromatic N) is 2. The molecule has 0 radical (unpaired) electrons. The molecule has 0 bridgehead atoms. The van der Waals surface area contributed by atoms with Crippen molar-refractivity contribution in [3.8, 4) is 0 Å². The van der Waals surface area contributed by atoms with Gasteiger partial charge >= 0.3 is 0 Å². The zero-order chi connectivity index (χ0) is 19.4. The fourth-order valence-electron chi connectivity index (χ4n) is 3.63. The molecule has 3 rings (SSSR count). The zero-order valence-corrected chi connectivity index (χ0v) is 18.3. The van der Waals surface area contributed by atoms with Crippen molar-refractivity contribution in [2.24, 2.45) is 0 Å². The normalized spacial score (nSPS) is 18.1. The lowest BCUT2D eigenvalue weighted by Gasteiger charge is -2.40. The molecule has 2 heterocycles. The van der Waals surface area contributed by atoms with E-state index in [4.69, 9.17) is 12.2 Å². The molecule has 2 aromatic rings. The SMILES string of the molecule is Cc1cccc(NC(=S)N[C@@H](C)[C@H](c2cccs2)N2CCN(C)CC2)c1C. The summed E-state index contributed by atoms with van der Waals surface area (Å²) in [6.45, 7) is 10.9. The lowest BCUT2D eigenvalue weighted by atomic mass is 10.1. The van der Waals surface area contributed by atoms with E-state index in [0.29, 0.717) is 11.2 Å². The van der Waals surface area contributed by atoms with Crippen LogP contribution in [0.15, 0.2) is 35.7 Å². The van der Waals surface area contributed by atoms with Crippen LogP contribution in [0.2, 0.25) is 0 Å². The number of nitrogens with one attached hydrogen (secondary N) is 2. The van der Waals surface area contributed by atoms with E-state index in [1.165, 1.54) is 16.0 Å². The molecule has 0 saturated carbocycles. The molecule has 2 N–H and O–H groups in total. The monoisotopic (exact) mass is 402 g/mol. The van der Waals surface area contributed by atoms with Crippen molar-refractivity contribution in [2.75, 3.05) is 38.5 Å². The third-order valence-corrected chi connectivity index (χ3v) is 6.61. The molecular formula is C21H30N4S2. The van der Waals surface area contributed by atoms with Gasteiger partial charge in [-0.3, -0.25) is 4.90 Å². The van der Waals surface area contributed by atoms with E-state index in [1.54, 1.807) is 0 Å². The lowest BCUT2D eigenvalue weighted by molar-refractivity contribution is 0.0990. The van der Waals surface area contributed by atoms with Crippen LogP contribution in [-0.2, 0) is 0 Å². The van der Waals surface area contributed by atoms with Crippen molar-refractivity contribution in [1.82, 2.24) is 15.1 Å². The standard InChI is InChI=1S/C21H30N4S2/c1-15-7-5-8-18(16(15)2)23-21(26)22-17(3)20(19-9-6-14-27-19)25-12-10-24(4)11-13-25/h5-9,14,17,20H,10-13H2,1-4H3,(H2,22,23,26)/t17-,20+/m0/s1. The lowest BCUT2D eigenvalue weighted by Crippen LogP contribution is -2.51. The summed E-state index contributed by atoms with van der Waals surface area (Å²) < 4.78 is 0. The Morgan fingerprint density at radius 3 is 2.52 bits per heavy atom. The highest BCUT2D eigenvalue weighted by molar-refractivity contribution is 7.80. The average Bonchev–Trinajstić information content (AvgIpc) is 3.15. The molecule has 1 fully saturated rings. The number of benzene rings is 1. The Morgan fingerprint density at radius 1 is 1.11 bits per heavy atom. The number of piperazine rings is 1. The van der Waals surface area contributed by atoms with Crippen LogP contribution in [0.5, 0.6) is 0 Å². The highest BCUT2D eigenvalue weighted by Gasteiger charge is 2.29. The Hall–Kier alpha value is -1.47. The second kappa shape index (κ2) is 9.15. The van der Waals surface area contributed by atoms with Gasteiger partial charge in [-0.25, -0.2) is 0 Å². The van der Waals surface area contributed by atoms with E-state index in [-0.39, 0.29) is 6.04 Å². The van der Waals surface area contributed by atoms with Gasteiger partial charge in [0.1, 0.15) is 0 Å². The minimum Gasteiger partial charge on any atom is -0.358 e. The van der Waals surface area contributed by atoms with Gasteiger partial charge in [0, 0.05) is 42.8 Å². The number of thiophene rings is 1. The van der Waals surface area contributed by atoms with E-state index in [0.717, 1.165) is 31.9 Å². The molecule has 0 amide bonds. The van der Waals surface area contributed by atoms with Crippen molar-refractivity contribution >= 4 is 34.4 Å². The van der Waals surface area contributed by atoms with Crippen LogP contribution >= 0.6 is 23.6 Å². The summed E-state index contributed by atoms with van der Waals surface area (Å²) in [5.41, 5.74) is 3.58. The molecule has 0 spiro atoms. The van der Waals surface area contributed by atoms with Crippen LogP contribution in [0.3, 0.4) is 0 Å². The second-order valence-corrected chi connectivity index (χ2v) is 8.82. The van der Waals surface area contributed by atoms with Crippen molar-refractivity contribution in [3.05, 3.63) is 51.7 Å². The van der Waals surface area contributed by atoms with Gasteiger partial charge in [0.05, 0.1) is 6.04 Å². The minimum absolute atomic E-state index is 0.220. The van der Waals surface area contributed by atoms with E-state index >= 15 is 0 Å². The Bertz CT molecular complexity index is 752. The molecule has 0 unspecified atom stereocenters. The van der Waals surface area contributed by atoms with Gasteiger partial charge in [0.2, 0.25) is 0 Å². The maximum atomic E-state index is 5.64. The second-order valence-electron chi connectivity index (χ2n) is 7.43. The molecule has 1 aromatic carbocycles. The summed E-state index contributed by atoms with van der Waals surface area (Å²) in [4.78, 5) is 6.38. The van der Waals surface area contributed by atoms with Crippen molar-refractivity contribution in [3.63, 3.8) is 0 Å². The van der Waals surface area contributed by atoms with Gasteiger partial charge in [-0.1, -0.05) is 18.2 Å². The van der Waals surface area contributed by atoms with Gasteiger partial charge in [-0.15, -0.1) is 11.3 Å². The number of aryl methyl sites for hydroxylation is 1. The molecule has 4 nitrogen and oxygen atoms in total. The minimum atomic E-state index is 0.220. The highest BCUT2D eigenvalue weighted by atomic mass is 32.1. The van der Waals surface area contributed by atoms with Crippen LogP contribution in [0.25, 0.3) is 0 Å². The largest absolute Gasteiger partial charge is 0.358 e. The van der Waals surface area contributed by atoms with Crippen molar-refractivity contribution in [1.29, 1.82) is 0 Å². The van der Waals surface area contributed by atoms with Crippen LogP contribution in [0.1, 0.15) is 29.0 Å². The first-order chi connectivity index (χ1) is 13.0. The summed E-state index contributed by atoms with van der Waals surface area (Å²) in [7, 11) is 2.20. The van der Waals surface area contributed by atoms with E-state index < -0.39 is 0 Å². The number of hydrogen-bond donors (Lipinski definition) is 2. The summed E-state index contributed by atoms with van der Waals surface area (Å²) in [6.07, 6.45) is 0. The maximum Gasteiger partial charge on any atom is 0.171 e. The van der Waals surface area contributed by atoms with Crippen LogP contribution < -0.4 is 10.6 Å². The van der Waals surface area contributed by atoms with E-state index in [1.807, 2.05) is 11.3 Å². The van der Waals surface area contributed by atoms with Gasteiger partial charge in [-0.2, -0.15) is 0 Å². The molecule has 1 aromatic heterocycles. The Kier molecular flexibility index (Phi) is 6.87. The summed E-state index contributed by atoms with van der Waals surface area (Å²) >= 11 is 7.47. The molecule has 27 heavy (non-hydrogen) atoms. The smallest absolute Gasteiger partial charge is 0.171 e. The molecule has 0 aliphatic carbocycles. The highest BCUT2D eigenvalue weighted by Crippen LogP contribution is 2.29. The summed E-state index contributed by atoms with van der Waals surface area (Å²) in [6, 6.07) is 11.2. The molecular weight excluding hydrogens is 372 g/mol. The third kappa shape index (κ3) is 5.08. The van der Waals surface area contributed by atoms with Gasteiger partial charge in [0.15, 0.2) is 5.11 Å². The third-order valence-electron chi connectivity index (χ3n) is 5.45. The zero-order valence-electron chi connectivity index (χ0n) is 16.7. The molecule has 6 heteroatoms. The number of rotatable bonds is 5. The number of anilines is 1. The number of hydrogen-bond acceptors (Lipinski definition) is 4. The van der Waals surface area contributed by atoms with Gasteiger partial charge in [0.25, 0.3) is 0 Å². The molecule has 1 saturated heterocycles. The summed E-state index contributed by atoms with van der Waals surface area (Å²) in [5, 5.41) is 9.78. The van der Waals surface area contributed by atoms with Gasteiger partial charge in [-0.05, 0) is 68.7 Å². The molecule has 1 aliphatic rings. The van der Waals surface area contributed by atoms with Crippen molar-refractivity contribution in [2.45, 2.75) is 32.9 Å². The topological polar surface area (TPSA) is 30.5 Å². The fourth-order valence-corrected chi connectivity index (χ4v) is 4.89. The fraction of sp³-hybridized carbons (Fsp3) is 0.476. The van der Waals surface area contributed by atoms with Crippen LogP contribution in [-0.4, -0.2) is 54.2 Å². The maximum absolute atomic E-state index is 5.64. The first-order valence-corrected chi connectivity index (χ1v) is 10.8. The van der Waals surface area contributed by atoms with Gasteiger partial charge < -0.3 is 15.5 Å². The first-order valence-electron chi connectivity index (χ1n) is 9.55. The number of likely N-dealkylation sites (N-methyl/N-ethyl adjacent to an activating group) is 1. The number of thiocarbonyl (C=S) groups is 1. The Balaban J connectivity index is 1.69. The predicted molar refractivity (Wildman–Crippen MR) is 121 cm³/mol. The average molecular weight is 403 g/mol.